The Bertz CT molecular complexity index is 911. The van der Waals surface area contributed by atoms with Gasteiger partial charge in [-0.15, -0.1) is 0 Å². The number of likely N-dealkylation sites (tertiary alicyclic amines) is 1. The predicted molar refractivity (Wildman–Crippen MR) is 143 cm³/mol. The molecular formula is C30H45N3O4. The average molecular weight is 512 g/mol. The smallest absolute Gasteiger partial charge is 0.248 e. The monoisotopic (exact) mass is 511 g/mol. The number of piperazine rings is 1. The number of amides is 2. The number of carbonyl (C=O) groups is 2. The molecule has 1 aromatic carbocycles. The minimum atomic E-state index is -0.798. The van der Waals surface area contributed by atoms with Crippen molar-refractivity contribution in [3.63, 3.8) is 0 Å². The molecule has 7 heteroatoms. The Morgan fingerprint density at radius 1 is 1.08 bits per heavy atom. The third-order valence-electron chi connectivity index (χ3n) is 9.42. The molecular weight excluding hydrogens is 466 g/mol. The van der Waals surface area contributed by atoms with E-state index in [1.165, 1.54) is 12.8 Å². The van der Waals surface area contributed by atoms with E-state index in [0.29, 0.717) is 31.2 Å². The SMILES string of the molecule is CCCCN1C(=O)[C@@H]([C@H](O)C2CCCCC2)NC(=O)C12CCN(C[C@@H]1C[C@@H]1COc1ccccc1)CC2. The number of piperidine rings is 1. The average Bonchev–Trinajstić information content (AvgIpc) is 3.69. The van der Waals surface area contributed by atoms with Gasteiger partial charge in [0.25, 0.3) is 0 Å². The molecule has 1 aromatic rings. The van der Waals surface area contributed by atoms with Gasteiger partial charge in [-0.2, -0.15) is 0 Å². The van der Waals surface area contributed by atoms with Gasteiger partial charge in [0, 0.05) is 26.2 Å². The van der Waals surface area contributed by atoms with Crippen LogP contribution in [0.15, 0.2) is 30.3 Å². The zero-order valence-electron chi connectivity index (χ0n) is 22.4. The molecule has 37 heavy (non-hydrogen) atoms. The summed E-state index contributed by atoms with van der Waals surface area (Å²) in [5.41, 5.74) is -0.773. The topological polar surface area (TPSA) is 82.1 Å². The van der Waals surface area contributed by atoms with Crippen molar-refractivity contribution in [2.45, 2.75) is 88.8 Å². The largest absolute Gasteiger partial charge is 0.493 e. The molecule has 4 aliphatic rings. The number of hydrogen-bond acceptors (Lipinski definition) is 5. The second-order valence-corrected chi connectivity index (χ2v) is 11.9. The number of nitrogens with one attached hydrogen (secondary N) is 1. The number of aliphatic hydroxyl groups excluding tert-OH is 1. The first-order chi connectivity index (χ1) is 18.0. The fourth-order valence-electron chi connectivity index (χ4n) is 6.85. The molecule has 2 aliphatic carbocycles. The molecule has 2 aliphatic heterocycles. The normalized spacial score (nSPS) is 29.2. The standard InChI is InChI=1S/C30H45N3O4/c1-2-3-16-33-28(35)26(27(34)22-10-6-4-7-11-22)31-29(36)30(33)14-17-32(18-15-30)20-23-19-24(23)21-37-25-12-8-5-9-13-25/h5,8-9,12-13,22-24,26-27,34H,2-4,6-7,10-11,14-21H2,1H3,(H,31,36)/t23-,24+,26+,27+/m0/s1. The van der Waals surface area contributed by atoms with Crippen molar-refractivity contribution in [2.24, 2.45) is 17.8 Å². The molecule has 2 heterocycles. The van der Waals surface area contributed by atoms with Gasteiger partial charge in [-0.3, -0.25) is 9.59 Å². The van der Waals surface area contributed by atoms with Crippen molar-refractivity contribution in [3.05, 3.63) is 30.3 Å². The summed E-state index contributed by atoms with van der Waals surface area (Å²) >= 11 is 0. The highest BCUT2D eigenvalue weighted by Gasteiger charge is 2.55. The van der Waals surface area contributed by atoms with Crippen molar-refractivity contribution >= 4 is 11.8 Å². The van der Waals surface area contributed by atoms with E-state index >= 15 is 0 Å². The number of unbranched alkanes of at least 4 members (excludes halogenated alkanes) is 1. The third-order valence-corrected chi connectivity index (χ3v) is 9.42. The van der Waals surface area contributed by atoms with Crippen LogP contribution in [0.1, 0.15) is 71.1 Å². The summed E-state index contributed by atoms with van der Waals surface area (Å²) in [5, 5.41) is 14.1. The number of hydrogen-bond donors (Lipinski definition) is 2. The van der Waals surface area contributed by atoms with Crippen LogP contribution in [0.4, 0.5) is 0 Å². The lowest BCUT2D eigenvalue weighted by Crippen LogP contribution is -2.75. The van der Waals surface area contributed by atoms with Crippen LogP contribution in [0.5, 0.6) is 5.75 Å². The van der Waals surface area contributed by atoms with Gasteiger partial charge in [0.2, 0.25) is 11.8 Å². The Morgan fingerprint density at radius 2 is 1.81 bits per heavy atom. The molecule has 204 valence electrons. The molecule has 4 atom stereocenters. The number of ether oxygens (including phenoxy) is 1. The molecule has 7 nitrogen and oxygen atoms in total. The molecule has 0 bridgehead atoms. The first-order valence-corrected chi connectivity index (χ1v) is 14.7. The van der Waals surface area contributed by atoms with Crippen molar-refractivity contribution in [1.82, 2.24) is 15.1 Å². The van der Waals surface area contributed by atoms with Gasteiger partial charge in [-0.25, -0.2) is 0 Å². The van der Waals surface area contributed by atoms with E-state index in [1.807, 2.05) is 35.2 Å². The molecule has 0 aromatic heterocycles. The van der Waals surface area contributed by atoms with E-state index in [1.54, 1.807) is 0 Å². The highest BCUT2D eigenvalue weighted by atomic mass is 16.5. The predicted octanol–water partition coefficient (Wildman–Crippen LogP) is 3.60. The van der Waals surface area contributed by atoms with E-state index in [4.69, 9.17) is 4.74 Å². The lowest BCUT2D eigenvalue weighted by molar-refractivity contribution is -0.166. The van der Waals surface area contributed by atoms with E-state index in [2.05, 4.69) is 17.1 Å². The Hall–Kier alpha value is -2.12. The van der Waals surface area contributed by atoms with Crippen LogP contribution < -0.4 is 10.1 Å². The molecule has 2 amide bonds. The minimum absolute atomic E-state index is 0.0525. The summed E-state index contributed by atoms with van der Waals surface area (Å²) < 4.78 is 5.95. The highest BCUT2D eigenvalue weighted by molar-refractivity contribution is 6.00. The first kappa shape index (κ1) is 26.5. The second kappa shape index (κ2) is 11.7. The molecule has 4 fully saturated rings. The Kier molecular flexibility index (Phi) is 8.40. The van der Waals surface area contributed by atoms with E-state index in [0.717, 1.165) is 70.5 Å². The lowest BCUT2D eigenvalue weighted by Gasteiger charge is -2.52. The lowest BCUT2D eigenvalue weighted by atomic mass is 9.78. The number of benzene rings is 1. The van der Waals surface area contributed by atoms with Crippen molar-refractivity contribution in [1.29, 1.82) is 0 Å². The van der Waals surface area contributed by atoms with E-state index in [-0.39, 0.29) is 17.7 Å². The zero-order chi connectivity index (χ0) is 25.8. The van der Waals surface area contributed by atoms with Crippen molar-refractivity contribution < 1.29 is 19.4 Å². The van der Waals surface area contributed by atoms with Crippen LogP contribution in [-0.2, 0) is 9.59 Å². The maximum Gasteiger partial charge on any atom is 0.248 e. The number of aliphatic hydroxyl groups is 1. The molecule has 2 saturated heterocycles. The minimum Gasteiger partial charge on any atom is -0.493 e. The quantitative estimate of drug-likeness (QED) is 0.502. The molecule has 2 N–H and O–H groups in total. The fraction of sp³-hybridized carbons (Fsp3) is 0.733. The third kappa shape index (κ3) is 5.83. The molecule has 1 spiro atoms. The summed E-state index contributed by atoms with van der Waals surface area (Å²) in [6.07, 6.45) is 8.84. The number of rotatable bonds is 10. The van der Waals surface area contributed by atoms with Gasteiger partial charge >= 0.3 is 0 Å². The van der Waals surface area contributed by atoms with Crippen LogP contribution in [0, 0.1) is 17.8 Å². The fourth-order valence-corrected chi connectivity index (χ4v) is 6.85. The van der Waals surface area contributed by atoms with Crippen molar-refractivity contribution in [3.8, 4) is 5.75 Å². The van der Waals surface area contributed by atoms with Gasteiger partial charge in [-0.05, 0) is 68.4 Å². The van der Waals surface area contributed by atoms with E-state index < -0.39 is 17.7 Å². The van der Waals surface area contributed by atoms with Crippen LogP contribution >= 0.6 is 0 Å². The summed E-state index contributed by atoms with van der Waals surface area (Å²) in [6.45, 7) is 6.15. The van der Waals surface area contributed by atoms with Crippen LogP contribution in [-0.4, -0.2) is 77.2 Å². The molecule has 5 rings (SSSR count). The number of carbonyl (C=O) groups excluding carboxylic acids is 2. The second-order valence-electron chi connectivity index (χ2n) is 11.9. The summed E-state index contributed by atoms with van der Waals surface area (Å²) in [6, 6.07) is 9.20. The molecule has 0 radical (unpaired) electrons. The Morgan fingerprint density at radius 3 is 2.51 bits per heavy atom. The molecule has 0 unspecified atom stereocenters. The maximum absolute atomic E-state index is 13.8. The molecule has 2 saturated carbocycles. The first-order valence-electron chi connectivity index (χ1n) is 14.7. The summed E-state index contributed by atoms with van der Waals surface area (Å²) in [7, 11) is 0. The van der Waals surface area contributed by atoms with Crippen LogP contribution in [0.2, 0.25) is 0 Å². The number of nitrogens with zero attached hydrogens (tertiary/aromatic N) is 2. The Balaban J connectivity index is 1.17. The van der Waals surface area contributed by atoms with Crippen LogP contribution in [0.3, 0.4) is 0 Å². The van der Waals surface area contributed by atoms with Gasteiger partial charge in [0.15, 0.2) is 0 Å². The maximum atomic E-state index is 13.8. The van der Waals surface area contributed by atoms with E-state index in [9.17, 15) is 14.7 Å². The Labute approximate surface area is 221 Å². The number of para-hydroxylation sites is 1. The zero-order valence-corrected chi connectivity index (χ0v) is 22.4. The highest BCUT2D eigenvalue weighted by Crippen LogP contribution is 2.41. The van der Waals surface area contributed by atoms with Crippen molar-refractivity contribution in [2.75, 3.05) is 32.8 Å². The van der Waals surface area contributed by atoms with Gasteiger partial charge < -0.3 is 25.0 Å². The summed E-state index contributed by atoms with van der Waals surface area (Å²) in [5.74, 6) is 2.15. The van der Waals surface area contributed by atoms with Gasteiger partial charge in [0.1, 0.15) is 17.3 Å². The van der Waals surface area contributed by atoms with Gasteiger partial charge in [-0.1, -0.05) is 50.8 Å². The summed E-state index contributed by atoms with van der Waals surface area (Å²) in [4.78, 5) is 31.8. The van der Waals surface area contributed by atoms with Crippen LogP contribution in [0.25, 0.3) is 0 Å². The van der Waals surface area contributed by atoms with Gasteiger partial charge in [0.05, 0.1) is 12.7 Å².